The number of rotatable bonds is 4. The Morgan fingerprint density at radius 3 is 2.73 bits per heavy atom. The van der Waals surface area contributed by atoms with Crippen LogP contribution in [0.2, 0.25) is 5.02 Å². The van der Waals surface area contributed by atoms with Gasteiger partial charge in [-0.15, -0.1) is 28.3 Å². The van der Waals surface area contributed by atoms with Gasteiger partial charge in [-0.2, -0.15) is 5.10 Å². The number of hydrazone groups is 1. The highest BCUT2D eigenvalue weighted by atomic mass is 79.9. The van der Waals surface area contributed by atoms with E-state index in [4.69, 9.17) is 16.0 Å². The summed E-state index contributed by atoms with van der Waals surface area (Å²) in [5.74, 6) is 0.689. The maximum Gasteiger partial charge on any atom is 0.204 e. The van der Waals surface area contributed by atoms with Crippen LogP contribution in [0.3, 0.4) is 0 Å². The Kier molecular flexibility index (Phi) is 5.76. The number of halogens is 2. The third-order valence-electron chi connectivity index (χ3n) is 2.81. The van der Waals surface area contributed by atoms with Crippen LogP contribution in [0, 0.1) is 6.92 Å². The lowest BCUT2D eigenvalue weighted by Gasteiger charge is -1.98. The van der Waals surface area contributed by atoms with Gasteiger partial charge in [0.25, 0.3) is 0 Å². The van der Waals surface area contributed by atoms with Gasteiger partial charge < -0.3 is 4.42 Å². The first-order valence-electron chi connectivity index (χ1n) is 6.28. The zero-order valence-electron chi connectivity index (χ0n) is 11.6. The molecule has 7 heteroatoms. The van der Waals surface area contributed by atoms with Gasteiger partial charge in [-0.05, 0) is 31.2 Å². The molecular weight excluding hydrogens is 386 g/mol. The monoisotopic (exact) mass is 397 g/mol. The standard InChI is InChI=1S/C15H12ClN3OS.BrH/c1-10-14(11-4-6-12(16)7-5-11)18-15(21-10)19-17-9-13-3-2-8-20-13;/h2-9H,1H3,(H,18,19);1H/b17-9+;. The molecule has 0 fully saturated rings. The van der Waals surface area contributed by atoms with Gasteiger partial charge in [0.15, 0.2) is 0 Å². The minimum atomic E-state index is 0. The number of furan rings is 1. The van der Waals surface area contributed by atoms with Crippen LogP contribution in [0.25, 0.3) is 11.3 Å². The summed E-state index contributed by atoms with van der Waals surface area (Å²) in [7, 11) is 0. The number of nitrogens with one attached hydrogen (secondary N) is 1. The van der Waals surface area contributed by atoms with Crippen molar-refractivity contribution in [3.8, 4) is 11.3 Å². The minimum Gasteiger partial charge on any atom is -0.463 e. The predicted octanol–water partition coefficient (Wildman–Crippen LogP) is 5.39. The summed E-state index contributed by atoms with van der Waals surface area (Å²) in [5.41, 5.74) is 4.89. The first-order chi connectivity index (χ1) is 10.2. The normalized spacial score (nSPS) is 10.6. The van der Waals surface area contributed by atoms with E-state index in [1.165, 1.54) is 0 Å². The van der Waals surface area contributed by atoms with E-state index < -0.39 is 0 Å². The van der Waals surface area contributed by atoms with Crippen molar-refractivity contribution in [3.05, 3.63) is 58.3 Å². The van der Waals surface area contributed by atoms with Crippen molar-refractivity contribution in [1.82, 2.24) is 4.98 Å². The van der Waals surface area contributed by atoms with Crippen LogP contribution in [0.5, 0.6) is 0 Å². The smallest absolute Gasteiger partial charge is 0.204 e. The Hall–Kier alpha value is -1.63. The summed E-state index contributed by atoms with van der Waals surface area (Å²) in [5, 5.41) is 5.56. The molecule has 0 radical (unpaired) electrons. The van der Waals surface area contributed by atoms with Gasteiger partial charge in [0.05, 0.1) is 18.2 Å². The van der Waals surface area contributed by atoms with Gasteiger partial charge >= 0.3 is 0 Å². The maximum absolute atomic E-state index is 5.90. The fourth-order valence-electron chi connectivity index (χ4n) is 1.84. The molecule has 0 saturated carbocycles. The molecule has 3 aromatic rings. The van der Waals surface area contributed by atoms with E-state index in [0.717, 1.165) is 21.3 Å². The lowest BCUT2D eigenvalue weighted by Crippen LogP contribution is -1.89. The molecule has 0 unspecified atom stereocenters. The third kappa shape index (κ3) is 3.97. The van der Waals surface area contributed by atoms with E-state index in [1.807, 2.05) is 43.3 Å². The Balaban J connectivity index is 0.00000176. The molecule has 0 aliphatic heterocycles. The lowest BCUT2D eigenvalue weighted by molar-refractivity contribution is 0.560. The molecule has 22 heavy (non-hydrogen) atoms. The number of hydrogen-bond donors (Lipinski definition) is 1. The molecular formula is C15H13BrClN3OS. The van der Waals surface area contributed by atoms with Crippen LogP contribution in [-0.2, 0) is 0 Å². The average Bonchev–Trinajstić information content (AvgIpc) is 3.10. The zero-order valence-corrected chi connectivity index (χ0v) is 14.9. The summed E-state index contributed by atoms with van der Waals surface area (Å²) < 4.78 is 5.16. The number of nitrogens with zero attached hydrogens (tertiary/aromatic N) is 2. The summed E-state index contributed by atoms with van der Waals surface area (Å²) in [6, 6.07) is 11.3. The van der Waals surface area contributed by atoms with Crippen molar-refractivity contribution in [2.45, 2.75) is 6.92 Å². The first kappa shape index (κ1) is 16.7. The number of hydrogen-bond acceptors (Lipinski definition) is 5. The molecule has 114 valence electrons. The molecule has 0 aliphatic carbocycles. The van der Waals surface area contributed by atoms with Crippen LogP contribution < -0.4 is 5.43 Å². The molecule has 0 saturated heterocycles. The van der Waals surface area contributed by atoms with Gasteiger partial charge in [0.1, 0.15) is 5.76 Å². The fraction of sp³-hybridized carbons (Fsp3) is 0.0667. The Morgan fingerprint density at radius 2 is 2.05 bits per heavy atom. The Labute approximate surface area is 147 Å². The van der Waals surface area contributed by atoms with Crippen LogP contribution in [0.4, 0.5) is 5.13 Å². The number of anilines is 1. The van der Waals surface area contributed by atoms with Gasteiger partial charge in [0.2, 0.25) is 5.13 Å². The molecule has 0 spiro atoms. The largest absolute Gasteiger partial charge is 0.463 e. The fourth-order valence-corrected chi connectivity index (χ4v) is 2.75. The quantitative estimate of drug-likeness (QED) is 0.473. The highest BCUT2D eigenvalue weighted by Gasteiger charge is 2.09. The molecule has 2 heterocycles. The zero-order chi connectivity index (χ0) is 14.7. The molecule has 2 aromatic heterocycles. The van der Waals surface area contributed by atoms with Gasteiger partial charge in [-0.25, -0.2) is 4.98 Å². The molecule has 1 N–H and O–H groups in total. The van der Waals surface area contributed by atoms with Crippen molar-refractivity contribution >= 4 is 51.3 Å². The topological polar surface area (TPSA) is 50.4 Å². The van der Waals surface area contributed by atoms with Crippen LogP contribution in [-0.4, -0.2) is 11.2 Å². The number of benzene rings is 1. The van der Waals surface area contributed by atoms with Crippen LogP contribution in [0.15, 0.2) is 52.2 Å². The van der Waals surface area contributed by atoms with E-state index in [9.17, 15) is 0 Å². The highest BCUT2D eigenvalue weighted by Crippen LogP contribution is 2.30. The van der Waals surface area contributed by atoms with Crippen molar-refractivity contribution in [3.63, 3.8) is 0 Å². The van der Waals surface area contributed by atoms with Crippen molar-refractivity contribution in [2.75, 3.05) is 5.43 Å². The molecule has 4 nitrogen and oxygen atoms in total. The van der Waals surface area contributed by atoms with Crippen molar-refractivity contribution in [2.24, 2.45) is 5.10 Å². The molecule has 0 amide bonds. The van der Waals surface area contributed by atoms with Gasteiger partial charge in [0, 0.05) is 15.5 Å². The van der Waals surface area contributed by atoms with Gasteiger partial charge in [-0.3, -0.25) is 5.43 Å². The number of aromatic nitrogens is 1. The second kappa shape index (κ2) is 7.58. The number of thiazole rings is 1. The van der Waals surface area contributed by atoms with Gasteiger partial charge in [-0.1, -0.05) is 23.7 Å². The van der Waals surface area contributed by atoms with Crippen molar-refractivity contribution < 1.29 is 4.42 Å². The lowest BCUT2D eigenvalue weighted by atomic mass is 10.1. The predicted molar refractivity (Wildman–Crippen MR) is 97.5 cm³/mol. The summed E-state index contributed by atoms with van der Waals surface area (Å²) in [6.07, 6.45) is 3.21. The SMILES string of the molecule is Br.Cc1sc(N/N=C/c2ccco2)nc1-c1ccc(Cl)cc1. The molecule has 0 atom stereocenters. The average molecular weight is 399 g/mol. The second-order valence-electron chi connectivity index (χ2n) is 4.32. The molecule has 0 bridgehead atoms. The highest BCUT2D eigenvalue weighted by molar-refractivity contribution is 8.93. The maximum atomic E-state index is 5.90. The molecule has 0 aliphatic rings. The van der Waals surface area contributed by atoms with E-state index in [2.05, 4.69) is 15.5 Å². The van der Waals surface area contributed by atoms with E-state index in [0.29, 0.717) is 10.8 Å². The third-order valence-corrected chi connectivity index (χ3v) is 3.94. The number of aryl methyl sites for hydroxylation is 1. The summed E-state index contributed by atoms with van der Waals surface area (Å²) >= 11 is 7.45. The van der Waals surface area contributed by atoms with Crippen LogP contribution >= 0.6 is 39.9 Å². The molecule has 1 aromatic carbocycles. The summed E-state index contributed by atoms with van der Waals surface area (Å²) in [4.78, 5) is 5.67. The Bertz CT molecular complexity index is 754. The first-order valence-corrected chi connectivity index (χ1v) is 7.48. The van der Waals surface area contributed by atoms with E-state index in [1.54, 1.807) is 23.8 Å². The van der Waals surface area contributed by atoms with E-state index in [-0.39, 0.29) is 17.0 Å². The Morgan fingerprint density at radius 1 is 1.27 bits per heavy atom. The summed E-state index contributed by atoms with van der Waals surface area (Å²) in [6.45, 7) is 2.03. The van der Waals surface area contributed by atoms with Crippen LogP contribution in [0.1, 0.15) is 10.6 Å². The van der Waals surface area contributed by atoms with Crippen molar-refractivity contribution in [1.29, 1.82) is 0 Å². The second-order valence-corrected chi connectivity index (χ2v) is 5.96. The minimum absolute atomic E-state index is 0. The van der Waals surface area contributed by atoms with E-state index >= 15 is 0 Å². The molecule has 3 rings (SSSR count).